The summed E-state index contributed by atoms with van der Waals surface area (Å²) in [6, 6.07) is 1.33. The molecule has 1 rings (SSSR count). The molecule has 0 aromatic rings. The van der Waals surface area contributed by atoms with Crippen LogP contribution in [-0.2, 0) is 0 Å². The van der Waals surface area contributed by atoms with Gasteiger partial charge in [-0.2, -0.15) is 0 Å². The van der Waals surface area contributed by atoms with Crippen LogP contribution in [-0.4, -0.2) is 40.6 Å². The van der Waals surface area contributed by atoms with Gasteiger partial charge >= 0.3 is 0 Å². The van der Waals surface area contributed by atoms with Crippen LogP contribution in [0.25, 0.3) is 0 Å². The minimum atomic E-state index is 0.281. The second kappa shape index (κ2) is 5.71. The van der Waals surface area contributed by atoms with Crippen LogP contribution in [0.4, 0.5) is 0 Å². The first-order chi connectivity index (χ1) is 7.91. The van der Waals surface area contributed by atoms with Gasteiger partial charge < -0.3 is 0 Å². The summed E-state index contributed by atoms with van der Waals surface area (Å²) in [4.78, 5) is 5.50. The SMILES string of the molecule is CCCN1[C@@H](C)CN(C(C)C)C1(CC)C(C)C. The lowest BCUT2D eigenvalue weighted by Gasteiger charge is -2.49. The lowest BCUT2D eigenvalue weighted by molar-refractivity contribution is -0.0531. The predicted octanol–water partition coefficient (Wildman–Crippen LogP) is 3.57. The number of rotatable bonds is 5. The molecule has 102 valence electrons. The molecule has 0 radical (unpaired) electrons. The lowest BCUT2D eigenvalue weighted by atomic mass is 9.89. The highest BCUT2D eigenvalue weighted by Gasteiger charge is 2.51. The molecule has 0 saturated carbocycles. The lowest BCUT2D eigenvalue weighted by Crippen LogP contribution is -2.59. The molecule has 0 aromatic carbocycles. The zero-order valence-electron chi connectivity index (χ0n) is 13.0. The molecule has 1 aliphatic heterocycles. The third-order valence-electron chi connectivity index (χ3n) is 4.52. The fourth-order valence-electron chi connectivity index (χ4n) is 3.88. The molecule has 2 nitrogen and oxygen atoms in total. The normalized spacial score (nSPS) is 31.9. The van der Waals surface area contributed by atoms with Gasteiger partial charge in [-0.25, -0.2) is 0 Å². The van der Waals surface area contributed by atoms with Crippen molar-refractivity contribution in [3.8, 4) is 0 Å². The van der Waals surface area contributed by atoms with Crippen molar-refractivity contribution in [2.45, 2.75) is 79.1 Å². The first-order valence-corrected chi connectivity index (χ1v) is 7.45. The molecule has 0 aromatic heterocycles. The second-order valence-electron chi connectivity index (χ2n) is 6.18. The van der Waals surface area contributed by atoms with E-state index in [0.717, 1.165) is 0 Å². The van der Waals surface area contributed by atoms with Crippen LogP contribution >= 0.6 is 0 Å². The molecule has 1 heterocycles. The molecular weight excluding hydrogens is 208 g/mol. The first kappa shape index (κ1) is 15.0. The van der Waals surface area contributed by atoms with E-state index in [0.29, 0.717) is 18.0 Å². The molecule has 0 aliphatic carbocycles. The predicted molar refractivity (Wildman–Crippen MR) is 76.2 cm³/mol. The molecule has 0 amide bonds. The number of nitrogens with zero attached hydrogens (tertiary/aromatic N) is 2. The highest BCUT2D eigenvalue weighted by Crippen LogP contribution is 2.41. The topological polar surface area (TPSA) is 6.48 Å². The van der Waals surface area contributed by atoms with Gasteiger partial charge in [0, 0.05) is 18.6 Å². The Labute approximate surface area is 108 Å². The van der Waals surface area contributed by atoms with Crippen molar-refractivity contribution in [3.63, 3.8) is 0 Å². The van der Waals surface area contributed by atoms with Crippen LogP contribution in [0.3, 0.4) is 0 Å². The van der Waals surface area contributed by atoms with Crippen molar-refractivity contribution in [2.24, 2.45) is 5.92 Å². The Morgan fingerprint density at radius 2 is 1.76 bits per heavy atom. The van der Waals surface area contributed by atoms with Gasteiger partial charge in [-0.05, 0) is 46.1 Å². The van der Waals surface area contributed by atoms with E-state index < -0.39 is 0 Å². The molecule has 17 heavy (non-hydrogen) atoms. The molecule has 2 atom stereocenters. The van der Waals surface area contributed by atoms with Crippen molar-refractivity contribution in [1.82, 2.24) is 9.80 Å². The summed E-state index contributed by atoms with van der Waals surface area (Å²) >= 11 is 0. The Bertz CT molecular complexity index is 237. The Balaban J connectivity index is 3.11. The molecule has 1 saturated heterocycles. The van der Waals surface area contributed by atoms with E-state index in [2.05, 4.69) is 58.3 Å². The fourth-order valence-corrected chi connectivity index (χ4v) is 3.88. The minimum absolute atomic E-state index is 0.281. The highest BCUT2D eigenvalue weighted by atomic mass is 15.5. The van der Waals surface area contributed by atoms with E-state index in [4.69, 9.17) is 0 Å². The molecule has 0 spiro atoms. The average molecular weight is 240 g/mol. The van der Waals surface area contributed by atoms with Crippen LogP contribution in [0.5, 0.6) is 0 Å². The summed E-state index contributed by atoms with van der Waals surface area (Å²) in [5, 5.41) is 0. The summed E-state index contributed by atoms with van der Waals surface area (Å²) in [5.41, 5.74) is 0.281. The maximum Gasteiger partial charge on any atom is 0.0764 e. The van der Waals surface area contributed by atoms with Crippen molar-refractivity contribution in [3.05, 3.63) is 0 Å². The van der Waals surface area contributed by atoms with Crippen LogP contribution in [0, 0.1) is 5.92 Å². The number of hydrogen-bond acceptors (Lipinski definition) is 2. The smallest absolute Gasteiger partial charge is 0.0764 e. The van der Waals surface area contributed by atoms with Crippen LogP contribution in [0.15, 0.2) is 0 Å². The Kier molecular flexibility index (Phi) is 5.03. The maximum absolute atomic E-state index is 2.76. The van der Waals surface area contributed by atoms with E-state index in [1.165, 1.54) is 25.9 Å². The summed E-state index contributed by atoms with van der Waals surface area (Å²) in [6.45, 7) is 19.0. The third-order valence-corrected chi connectivity index (χ3v) is 4.52. The Morgan fingerprint density at radius 1 is 1.18 bits per heavy atom. The largest absolute Gasteiger partial charge is 0.281 e. The quantitative estimate of drug-likeness (QED) is 0.725. The van der Waals surface area contributed by atoms with E-state index in [-0.39, 0.29) is 5.66 Å². The molecule has 1 unspecified atom stereocenters. The van der Waals surface area contributed by atoms with Crippen molar-refractivity contribution in [1.29, 1.82) is 0 Å². The zero-order valence-corrected chi connectivity index (χ0v) is 13.0. The van der Waals surface area contributed by atoms with Crippen molar-refractivity contribution in [2.75, 3.05) is 13.1 Å². The molecule has 0 N–H and O–H groups in total. The van der Waals surface area contributed by atoms with Gasteiger partial charge in [-0.15, -0.1) is 0 Å². The Hall–Kier alpha value is -0.0800. The van der Waals surface area contributed by atoms with Gasteiger partial charge in [0.1, 0.15) is 0 Å². The minimum Gasteiger partial charge on any atom is -0.281 e. The van der Waals surface area contributed by atoms with Gasteiger partial charge in [0.15, 0.2) is 0 Å². The number of hydrogen-bond donors (Lipinski definition) is 0. The zero-order chi connectivity index (χ0) is 13.2. The van der Waals surface area contributed by atoms with Gasteiger partial charge in [-0.3, -0.25) is 9.80 Å². The Morgan fingerprint density at radius 3 is 2.12 bits per heavy atom. The van der Waals surface area contributed by atoms with Crippen LogP contribution < -0.4 is 0 Å². The maximum atomic E-state index is 2.76. The van der Waals surface area contributed by atoms with Crippen molar-refractivity contribution < 1.29 is 0 Å². The highest BCUT2D eigenvalue weighted by molar-refractivity contribution is 5.02. The molecule has 2 heteroatoms. The molecule has 1 fully saturated rings. The van der Waals surface area contributed by atoms with Gasteiger partial charge in [0.25, 0.3) is 0 Å². The first-order valence-electron chi connectivity index (χ1n) is 7.45. The van der Waals surface area contributed by atoms with Gasteiger partial charge in [0.05, 0.1) is 5.66 Å². The van der Waals surface area contributed by atoms with Crippen LogP contribution in [0.1, 0.15) is 61.3 Å². The summed E-state index contributed by atoms with van der Waals surface area (Å²) in [5.74, 6) is 0.686. The van der Waals surface area contributed by atoms with Crippen molar-refractivity contribution >= 4 is 0 Å². The van der Waals surface area contributed by atoms with E-state index in [1.807, 2.05) is 0 Å². The summed E-state index contributed by atoms with van der Waals surface area (Å²) < 4.78 is 0. The summed E-state index contributed by atoms with van der Waals surface area (Å²) in [6.07, 6.45) is 2.48. The molecule has 1 aliphatic rings. The van der Waals surface area contributed by atoms with Gasteiger partial charge in [0.2, 0.25) is 0 Å². The second-order valence-corrected chi connectivity index (χ2v) is 6.18. The van der Waals surface area contributed by atoms with E-state index >= 15 is 0 Å². The van der Waals surface area contributed by atoms with Crippen LogP contribution in [0.2, 0.25) is 0 Å². The standard InChI is InChI=1S/C15H32N2/c1-8-10-16-14(7)11-17(13(5)6)15(16,9-2)12(3)4/h12-14H,8-11H2,1-7H3/t14-,15?/m0/s1. The monoisotopic (exact) mass is 240 g/mol. The third kappa shape index (κ3) is 2.39. The average Bonchev–Trinajstić information content (AvgIpc) is 2.54. The van der Waals surface area contributed by atoms with E-state index in [1.54, 1.807) is 0 Å². The fraction of sp³-hybridized carbons (Fsp3) is 1.00. The molecule has 0 bridgehead atoms. The van der Waals surface area contributed by atoms with Gasteiger partial charge in [-0.1, -0.05) is 27.7 Å². The molecular formula is C15H32N2. The van der Waals surface area contributed by atoms with E-state index in [9.17, 15) is 0 Å². The summed E-state index contributed by atoms with van der Waals surface area (Å²) in [7, 11) is 0.